The van der Waals surface area contributed by atoms with Crippen molar-refractivity contribution < 1.29 is 0 Å². The first kappa shape index (κ1) is 17.0. The number of benzene rings is 1. The molecule has 1 saturated heterocycles. The summed E-state index contributed by atoms with van der Waals surface area (Å²) in [7, 11) is 0. The fraction of sp³-hybridized carbons (Fsp3) is 0.600. The molecule has 2 aromatic rings. The van der Waals surface area contributed by atoms with E-state index in [1.807, 2.05) is 11.8 Å². The van der Waals surface area contributed by atoms with Crippen molar-refractivity contribution >= 4 is 38.6 Å². The van der Waals surface area contributed by atoms with Crippen LogP contribution in [0.2, 0.25) is 0 Å². The number of nitrogens with zero attached hydrogens (tertiary/aromatic N) is 1. The lowest BCUT2D eigenvalue weighted by Gasteiger charge is -2.47. The zero-order valence-electron chi connectivity index (χ0n) is 14.9. The predicted octanol–water partition coefficient (Wildman–Crippen LogP) is 5.34. The lowest BCUT2D eigenvalue weighted by atomic mass is 9.72. The quantitative estimate of drug-likeness (QED) is 0.738. The van der Waals surface area contributed by atoms with Crippen LogP contribution >= 0.6 is 27.7 Å². The summed E-state index contributed by atoms with van der Waals surface area (Å²) in [6, 6.07) is 5.34. The number of halogens is 1. The average molecular weight is 407 g/mol. The second-order valence-corrected chi connectivity index (χ2v) is 9.40. The smallest absolute Gasteiger partial charge is 0.0473 e. The van der Waals surface area contributed by atoms with Gasteiger partial charge in [0.15, 0.2) is 0 Å². The molecule has 0 saturated carbocycles. The number of hydrogen-bond donors (Lipinski definition) is 1. The van der Waals surface area contributed by atoms with Gasteiger partial charge >= 0.3 is 0 Å². The Morgan fingerprint density at radius 2 is 2.21 bits per heavy atom. The fourth-order valence-electron chi connectivity index (χ4n) is 5.10. The van der Waals surface area contributed by atoms with Crippen LogP contribution in [0.1, 0.15) is 42.5 Å². The number of H-pyrrole nitrogens is 1. The number of likely N-dealkylation sites (tertiary alicyclic amines) is 1. The van der Waals surface area contributed by atoms with Gasteiger partial charge in [-0.2, -0.15) is 11.8 Å². The third-order valence-corrected chi connectivity index (χ3v) is 7.21. The first-order valence-corrected chi connectivity index (χ1v) is 11.3. The Bertz CT molecular complexity index is 754. The highest BCUT2D eigenvalue weighted by molar-refractivity contribution is 9.10. The van der Waals surface area contributed by atoms with Crippen molar-refractivity contribution in [1.82, 2.24) is 9.88 Å². The van der Waals surface area contributed by atoms with Gasteiger partial charge in [0.05, 0.1) is 0 Å². The molecule has 2 nitrogen and oxygen atoms in total. The summed E-state index contributed by atoms with van der Waals surface area (Å²) in [6.07, 6.45) is 6.07. The molecule has 0 spiro atoms. The molecule has 4 rings (SSSR count). The number of nitrogens with one attached hydrogen (secondary N) is 1. The fourth-order valence-corrected chi connectivity index (χ4v) is 6.29. The van der Waals surface area contributed by atoms with Crippen LogP contribution in [0, 0.1) is 12.8 Å². The van der Waals surface area contributed by atoms with E-state index in [4.69, 9.17) is 0 Å². The highest BCUT2D eigenvalue weighted by atomic mass is 79.9. The lowest BCUT2D eigenvalue weighted by molar-refractivity contribution is 0.0925. The third kappa shape index (κ3) is 2.75. The van der Waals surface area contributed by atoms with Crippen LogP contribution in [0.3, 0.4) is 0 Å². The number of aromatic amines is 1. The number of fused-ring (bicyclic) bond motifs is 2. The van der Waals surface area contributed by atoms with E-state index in [2.05, 4.69) is 58.0 Å². The molecule has 4 heteroatoms. The van der Waals surface area contributed by atoms with Gasteiger partial charge in [0, 0.05) is 39.6 Å². The van der Waals surface area contributed by atoms with Gasteiger partial charge in [-0.05, 0) is 73.9 Å². The van der Waals surface area contributed by atoms with Crippen LogP contribution < -0.4 is 0 Å². The molecule has 1 aliphatic carbocycles. The van der Waals surface area contributed by atoms with E-state index in [9.17, 15) is 0 Å². The maximum Gasteiger partial charge on any atom is 0.0473 e. The molecular formula is C20H27BrN2S. The van der Waals surface area contributed by atoms with E-state index in [-0.39, 0.29) is 0 Å². The number of thioether (sulfide) groups is 1. The first-order valence-electron chi connectivity index (χ1n) is 9.16. The summed E-state index contributed by atoms with van der Waals surface area (Å²) < 4.78 is 1.22. The monoisotopic (exact) mass is 406 g/mol. The Balaban J connectivity index is 1.82. The molecule has 0 amide bonds. The topological polar surface area (TPSA) is 19.0 Å². The standard InChI is InChI=1S/C20H27BrN2S/c1-4-5-23-10-13(11-24-3)6-16-17-7-14(21)8-18-20(17)15(9-19(16)23)12(2)22-18/h7-8,13,16,19,22H,4-6,9-11H2,1-3H3/t13?,16-,19-/m1/s1. The molecule has 1 aromatic heterocycles. The molecule has 0 bridgehead atoms. The van der Waals surface area contributed by atoms with Crippen molar-refractivity contribution in [2.75, 3.05) is 25.1 Å². The summed E-state index contributed by atoms with van der Waals surface area (Å²) in [4.78, 5) is 6.44. The van der Waals surface area contributed by atoms with Crippen LogP contribution in [0.4, 0.5) is 0 Å². The second-order valence-electron chi connectivity index (χ2n) is 7.58. The number of piperidine rings is 1. The Morgan fingerprint density at radius 1 is 1.38 bits per heavy atom. The van der Waals surface area contributed by atoms with Crippen molar-refractivity contribution in [2.45, 2.75) is 45.1 Å². The molecule has 2 aliphatic rings. The van der Waals surface area contributed by atoms with Gasteiger partial charge in [0.25, 0.3) is 0 Å². The Hall–Kier alpha value is -0.450. The van der Waals surface area contributed by atoms with E-state index in [0.29, 0.717) is 12.0 Å². The summed E-state index contributed by atoms with van der Waals surface area (Å²) in [5, 5.41) is 1.53. The molecule has 1 fully saturated rings. The minimum atomic E-state index is 0.683. The van der Waals surface area contributed by atoms with Gasteiger partial charge in [-0.3, -0.25) is 4.90 Å². The maximum atomic E-state index is 3.75. The Labute approximate surface area is 157 Å². The lowest BCUT2D eigenvalue weighted by Crippen LogP contribution is -2.50. The summed E-state index contributed by atoms with van der Waals surface area (Å²) in [6.45, 7) is 7.09. The molecule has 1 N–H and O–H groups in total. The average Bonchev–Trinajstić information content (AvgIpc) is 2.85. The van der Waals surface area contributed by atoms with Crippen molar-refractivity contribution in [3.8, 4) is 0 Å². The summed E-state index contributed by atoms with van der Waals surface area (Å²) in [5.74, 6) is 2.80. The molecule has 1 unspecified atom stereocenters. The number of rotatable bonds is 4. The summed E-state index contributed by atoms with van der Waals surface area (Å²) in [5.41, 5.74) is 5.84. The normalized spacial score (nSPS) is 26.8. The predicted molar refractivity (Wildman–Crippen MR) is 109 cm³/mol. The first-order chi connectivity index (χ1) is 11.6. The maximum absolute atomic E-state index is 3.75. The van der Waals surface area contributed by atoms with E-state index >= 15 is 0 Å². The van der Waals surface area contributed by atoms with Gasteiger partial charge < -0.3 is 4.98 Å². The molecular weight excluding hydrogens is 380 g/mol. The largest absolute Gasteiger partial charge is 0.358 e. The van der Waals surface area contributed by atoms with Gasteiger partial charge in [-0.25, -0.2) is 0 Å². The van der Waals surface area contributed by atoms with Gasteiger partial charge in [0.1, 0.15) is 0 Å². The molecule has 1 aromatic carbocycles. The van der Waals surface area contributed by atoms with Gasteiger partial charge in [-0.1, -0.05) is 22.9 Å². The molecule has 2 heterocycles. The van der Waals surface area contributed by atoms with E-state index in [1.165, 1.54) is 59.2 Å². The SMILES string of the molecule is CCCN1CC(CSC)C[C@@H]2c3cc(Br)cc4[nH]c(C)c(c34)C[C@H]21. The van der Waals surface area contributed by atoms with E-state index in [1.54, 1.807) is 11.1 Å². The van der Waals surface area contributed by atoms with Crippen LogP contribution in [0.25, 0.3) is 10.9 Å². The summed E-state index contributed by atoms with van der Waals surface area (Å²) >= 11 is 5.76. The minimum Gasteiger partial charge on any atom is -0.358 e. The highest BCUT2D eigenvalue weighted by Gasteiger charge is 2.40. The van der Waals surface area contributed by atoms with Crippen LogP contribution in [0.15, 0.2) is 16.6 Å². The number of hydrogen-bond acceptors (Lipinski definition) is 2. The van der Waals surface area contributed by atoms with Gasteiger partial charge in [0.2, 0.25) is 0 Å². The van der Waals surface area contributed by atoms with Crippen molar-refractivity contribution in [2.24, 2.45) is 5.92 Å². The van der Waals surface area contributed by atoms with E-state index in [0.717, 1.165) is 5.92 Å². The highest BCUT2D eigenvalue weighted by Crippen LogP contribution is 2.47. The van der Waals surface area contributed by atoms with E-state index < -0.39 is 0 Å². The van der Waals surface area contributed by atoms with Crippen molar-refractivity contribution in [3.05, 3.63) is 33.4 Å². The molecule has 0 radical (unpaired) electrons. The Morgan fingerprint density at radius 3 is 2.96 bits per heavy atom. The third-order valence-electron chi connectivity index (χ3n) is 5.95. The van der Waals surface area contributed by atoms with Crippen LogP contribution in [-0.2, 0) is 6.42 Å². The Kier molecular flexibility index (Phi) is 4.74. The molecule has 3 atom stereocenters. The molecule has 130 valence electrons. The minimum absolute atomic E-state index is 0.683. The van der Waals surface area contributed by atoms with Crippen LogP contribution in [0.5, 0.6) is 0 Å². The van der Waals surface area contributed by atoms with Crippen molar-refractivity contribution in [1.29, 1.82) is 0 Å². The number of aromatic nitrogens is 1. The van der Waals surface area contributed by atoms with Crippen molar-refractivity contribution in [3.63, 3.8) is 0 Å². The second kappa shape index (κ2) is 6.69. The van der Waals surface area contributed by atoms with Crippen LogP contribution in [-0.4, -0.2) is 41.0 Å². The molecule has 24 heavy (non-hydrogen) atoms. The molecule has 1 aliphatic heterocycles. The van der Waals surface area contributed by atoms with Gasteiger partial charge in [-0.15, -0.1) is 0 Å². The number of aryl methyl sites for hydroxylation is 1. The zero-order valence-corrected chi connectivity index (χ0v) is 17.3. The zero-order chi connectivity index (χ0) is 16.8.